The molecule has 0 spiro atoms. The van der Waals surface area contributed by atoms with Crippen molar-refractivity contribution >= 4 is 11.5 Å². The van der Waals surface area contributed by atoms with Crippen molar-refractivity contribution in [3.63, 3.8) is 0 Å². The summed E-state index contributed by atoms with van der Waals surface area (Å²) < 4.78 is 0. The first-order valence-corrected chi connectivity index (χ1v) is 5.73. The maximum atomic E-state index is 9.55. The molecule has 0 aliphatic carbocycles. The standard InChI is InChI=1S/C12H19N3O/c1-8-5-11(13)12(14-6-8)15-4-3-10(7-15)9(2)16/h5-6,9-10,16H,3-4,7,13H2,1-2H3. The maximum Gasteiger partial charge on any atom is 0.151 e. The lowest BCUT2D eigenvalue weighted by Gasteiger charge is -2.20. The van der Waals surface area contributed by atoms with Gasteiger partial charge in [-0.05, 0) is 31.9 Å². The molecule has 2 unspecified atom stereocenters. The van der Waals surface area contributed by atoms with Crippen molar-refractivity contribution in [1.29, 1.82) is 0 Å². The van der Waals surface area contributed by atoms with Crippen molar-refractivity contribution in [2.45, 2.75) is 26.4 Å². The first-order chi connectivity index (χ1) is 7.58. The summed E-state index contributed by atoms with van der Waals surface area (Å²) in [5, 5.41) is 9.55. The minimum absolute atomic E-state index is 0.253. The topological polar surface area (TPSA) is 62.4 Å². The third-order valence-electron chi connectivity index (χ3n) is 3.24. The lowest BCUT2D eigenvalue weighted by atomic mass is 10.0. The smallest absolute Gasteiger partial charge is 0.151 e. The number of aromatic nitrogens is 1. The zero-order valence-corrected chi connectivity index (χ0v) is 9.85. The molecule has 0 bridgehead atoms. The molecule has 2 atom stereocenters. The Labute approximate surface area is 96.1 Å². The van der Waals surface area contributed by atoms with Crippen LogP contribution in [-0.2, 0) is 0 Å². The summed E-state index contributed by atoms with van der Waals surface area (Å²) in [5.41, 5.74) is 7.76. The summed E-state index contributed by atoms with van der Waals surface area (Å²) in [5.74, 6) is 1.19. The number of aliphatic hydroxyl groups is 1. The number of nitrogens with zero attached hydrogens (tertiary/aromatic N) is 2. The second-order valence-electron chi connectivity index (χ2n) is 4.66. The highest BCUT2D eigenvalue weighted by atomic mass is 16.3. The summed E-state index contributed by atoms with van der Waals surface area (Å²) in [6, 6.07) is 1.94. The normalized spacial score (nSPS) is 22.4. The van der Waals surface area contributed by atoms with Gasteiger partial charge in [0.1, 0.15) is 0 Å². The minimum atomic E-state index is -0.253. The predicted octanol–water partition coefficient (Wildman–Crippen LogP) is 1.18. The molecule has 1 saturated heterocycles. The summed E-state index contributed by atoms with van der Waals surface area (Å²) in [6.07, 6.45) is 2.59. The van der Waals surface area contributed by atoms with Gasteiger partial charge in [-0.1, -0.05) is 0 Å². The molecule has 88 valence electrons. The van der Waals surface area contributed by atoms with E-state index in [0.717, 1.165) is 36.6 Å². The molecular formula is C12H19N3O. The molecule has 0 aromatic carbocycles. The maximum absolute atomic E-state index is 9.55. The van der Waals surface area contributed by atoms with Crippen LogP contribution in [0, 0.1) is 12.8 Å². The fraction of sp³-hybridized carbons (Fsp3) is 0.583. The number of rotatable bonds is 2. The Balaban J connectivity index is 2.14. The second-order valence-corrected chi connectivity index (χ2v) is 4.66. The molecule has 3 N–H and O–H groups in total. The Hall–Kier alpha value is -1.29. The molecule has 4 nitrogen and oxygen atoms in total. The van der Waals surface area contributed by atoms with Gasteiger partial charge in [-0.25, -0.2) is 4.98 Å². The van der Waals surface area contributed by atoms with Crippen LogP contribution in [0.15, 0.2) is 12.3 Å². The van der Waals surface area contributed by atoms with Crippen LogP contribution in [-0.4, -0.2) is 29.3 Å². The van der Waals surface area contributed by atoms with E-state index >= 15 is 0 Å². The van der Waals surface area contributed by atoms with Crippen LogP contribution in [0.2, 0.25) is 0 Å². The number of hydrogen-bond acceptors (Lipinski definition) is 4. The lowest BCUT2D eigenvalue weighted by molar-refractivity contribution is 0.136. The number of pyridine rings is 1. The van der Waals surface area contributed by atoms with Crippen LogP contribution >= 0.6 is 0 Å². The van der Waals surface area contributed by atoms with Crippen molar-refractivity contribution in [2.75, 3.05) is 23.7 Å². The van der Waals surface area contributed by atoms with Crippen LogP contribution < -0.4 is 10.6 Å². The first kappa shape index (κ1) is 11.2. The quantitative estimate of drug-likeness (QED) is 0.787. The zero-order valence-electron chi connectivity index (χ0n) is 9.85. The van der Waals surface area contributed by atoms with Gasteiger partial charge in [0, 0.05) is 25.2 Å². The van der Waals surface area contributed by atoms with Gasteiger partial charge in [0.2, 0.25) is 0 Å². The van der Waals surface area contributed by atoms with Gasteiger partial charge >= 0.3 is 0 Å². The molecule has 1 aliphatic rings. The van der Waals surface area contributed by atoms with E-state index in [1.54, 1.807) is 0 Å². The molecule has 1 fully saturated rings. The fourth-order valence-electron chi connectivity index (χ4n) is 2.22. The van der Waals surface area contributed by atoms with Crippen LogP contribution in [0.5, 0.6) is 0 Å². The van der Waals surface area contributed by atoms with E-state index in [-0.39, 0.29) is 6.10 Å². The van der Waals surface area contributed by atoms with Crippen molar-refractivity contribution in [3.05, 3.63) is 17.8 Å². The van der Waals surface area contributed by atoms with Gasteiger partial charge < -0.3 is 15.7 Å². The number of nitrogens with two attached hydrogens (primary N) is 1. The third kappa shape index (κ3) is 2.11. The summed E-state index contributed by atoms with van der Waals surface area (Å²) in [7, 11) is 0. The van der Waals surface area contributed by atoms with E-state index in [1.165, 1.54) is 0 Å². The lowest BCUT2D eigenvalue weighted by Crippen LogP contribution is -2.25. The average molecular weight is 221 g/mol. The predicted molar refractivity (Wildman–Crippen MR) is 65.4 cm³/mol. The Kier molecular flexibility index (Phi) is 3.01. The van der Waals surface area contributed by atoms with Crippen LogP contribution in [0.25, 0.3) is 0 Å². The number of anilines is 2. The molecule has 1 aromatic rings. The summed E-state index contributed by atoms with van der Waals surface area (Å²) in [6.45, 7) is 5.60. The van der Waals surface area contributed by atoms with Crippen LogP contribution in [0.3, 0.4) is 0 Å². The SMILES string of the molecule is Cc1cnc(N2CCC(C(C)O)C2)c(N)c1. The van der Waals surface area contributed by atoms with E-state index in [0.29, 0.717) is 5.92 Å². The summed E-state index contributed by atoms with van der Waals surface area (Å²) in [4.78, 5) is 6.53. The molecule has 0 amide bonds. The summed E-state index contributed by atoms with van der Waals surface area (Å²) >= 11 is 0. The minimum Gasteiger partial charge on any atom is -0.396 e. The number of aliphatic hydroxyl groups excluding tert-OH is 1. The van der Waals surface area contributed by atoms with E-state index < -0.39 is 0 Å². The molecule has 2 heterocycles. The molecular weight excluding hydrogens is 202 g/mol. The van der Waals surface area contributed by atoms with Crippen molar-refractivity contribution in [3.8, 4) is 0 Å². The largest absolute Gasteiger partial charge is 0.396 e. The number of hydrogen-bond donors (Lipinski definition) is 2. The molecule has 1 aliphatic heterocycles. The molecule has 4 heteroatoms. The highest BCUT2D eigenvalue weighted by molar-refractivity contribution is 5.63. The van der Waals surface area contributed by atoms with Crippen molar-refractivity contribution in [2.24, 2.45) is 5.92 Å². The average Bonchev–Trinajstić information content (AvgIpc) is 2.66. The Morgan fingerprint density at radius 3 is 2.94 bits per heavy atom. The van der Waals surface area contributed by atoms with E-state index in [9.17, 15) is 5.11 Å². The van der Waals surface area contributed by atoms with E-state index in [1.807, 2.05) is 26.1 Å². The van der Waals surface area contributed by atoms with E-state index in [2.05, 4.69) is 9.88 Å². The van der Waals surface area contributed by atoms with Crippen molar-refractivity contribution in [1.82, 2.24) is 4.98 Å². The zero-order chi connectivity index (χ0) is 11.7. The Morgan fingerprint density at radius 2 is 2.38 bits per heavy atom. The van der Waals surface area contributed by atoms with Gasteiger partial charge in [0.15, 0.2) is 5.82 Å². The monoisotopic (exact) mass is 221 g/mol. The van der Waals surface area contributed by atoms with Crippen LogP contribution in [0.1, 0.15) is 18.9 Å². The van der Waals surface area contributed by atoms with Gasteiger partial charge in [-0.3, -0.25) is 0 Å². The van der Waals surface area contributed by atoms with Gasteiger partial charge in [0.05, 0.1) is 11.8 Å². The first-order valence-electron chi connectivity index (χ1n) is 5.73. The fourth-order valence-corrected chi connectivity index (χ4v) is 2.22. The molecule has 1 aromatic heterocycles. The number of aryl methyl sites for hydroxylation is 1. The molecule has 16 heavy (non-hydrogen) atoms. The van der Waals surface area contributed by atoms with Gasteiger partial charge in [-0.2, -0.15) is 0 Å². The van der Waals surface area contributed by atoms with E-state index in [4.69, 9.17) is 5.73 Å². The molecule has 0 saturated carbocycles. The molecule has 0 radical (unpaired) electrons. The Morgan fingerprint density at radius 1 is 1.62 bits per heavy atom. The highest BCUT2D eigenvalue weighted by Crippen LogP contribution is 2.28. The Bertz CT molecular complexity index is 379. The molecule has 2 rings (SSSR count). The third-order valence-corrected chi connectivity index (χ3v) is 3.24. The number of nitrogen functional groups attached to an aromatic ring is 1. The van der Waals surface area contributed by atoms with Crippen LogP contribution in [0.4, 0.5) is 11.5 Å². The highest BCUT2D eigenvalue weighted by Gasteiger charge is 2.27. The van der Waals surface area contributed by atoms with Gasteiger partial charge in [-0.15, -0.1) is 0 Å². The second kappa shape index (κ2) is 4.29. The van der Waals surface area contributed by atoms with Gasteiger partial charge in [0.25, 0.3) is 0 Å². The van der Waals surface area contributed by atoms with Crippen molar-refractivity contribution < 1.29 is 5.11 Å².